The van der Waals surface area contributed by atoms with Gasteiger partial charge in [-0.1, -0.05) is 18.9 Å². The minimum Gasteiger partial charge on any atom is -0.495 e. The molecule has 0 radical (unpaired) electrons. The van der Waals surface area contributed by atoms with Crippen molar-refractivity contribution in [3.63, 3.8) is 0 Å². The van der Waals surface area contributed by atoms with E-state index in [-0.39, 0.29) is 0 Å². The highest BCUT2D eigenvalue weighted by Gasteiger charge is 2.20. The van der Waals surface area contributed by atoms with Crippen LogP contribution in [0.15, 0.2) is 18.2 Å². The van der Waals surface area contributed by atoms with Gasteiger partial charge in [0.2, 0.25) is 0 Å². The Hall–Kier alpha value is -1.53. The van der Waals surface area contributed by atoms with E-state index in [1.54, 1.807) is 7.11 Å². The summed E-state index contributed by atoms with van der Waals surface area (Å²) in [6.45, 7) is 3.08. The molecule has 0 spiro atoms. The van der Waals surface area contributed by atoms with Crippen molar-refractivity contribution in [2.75, 3.05) is 7.11 Å². The molecule has 0 amide bonds. The molecule has 0 bridgehead atoms. The predicted molar refractivity (Wildman–Crippen MR) is 76.0 cm³/mol. The van der Waals surface area contributed by atoms with Crippen LogP contribution < -0.4 is 10.1 Å². The summed E-state index contributed by atoms with van der Waals surface area (Å²) in [6.07, 6.45) is 5.44. The minimum absolute atomic E-state index is 0.551. The molecule has 1 atom stereocenters. The van der Waals surface area contributed by atoms with Gasteiger partial charge >= 0.3 is 0 Å². The molecule has 1 aromatic carbocycles. The van der Waals surface area contributed by atoms with Crippen LogP contribution in [0.4, 0.5) is 0 Å². The maximum atomic E-state index is 9.07. The summed E-state index contributed by atoms with van der Waals surface area (Å²) >= 11 is 0. The van der Waals surface area contributed by atoms with E-state index in [4.69, 9.17) is 10.00 Å². The Morgan fingerprint density at radius 2 is 2.16 bits per heavy atom. The molecule has 3 heteroatoms. The number of methoxy groups -OCH3 is 1. The summed E-state index contributed by atoms with van der Waals surface area (Å²) in [5.41, 5.74) is 1.75. The first-order chi connectivity index (χ1) is 9.24. The molecule has 0 aromatic heterocycles. The molecule has 0 unspecified atom stereocenters. The lowest BCUT2D eigenvalue weighted by atomic mass is 9.99. The smallest absolute Gasteiger partial charge is 0.136 e. The molecule has 1 fully saturated rings. The summed E-state index contributed by atoms with van der Waals surface area (Å²) < 4.78 is 5.16. The maximum Gasteiger partial charge on any atom is 0.136 e. The first-order valence-electron chi connectivity index (χ1n) is 7.05. The number of nitriles is 1. The van der Waals surface area contributed by atoms with Crippen molar-refractivity contribution in [3.05, 3.63) is 29.3 Å². The van der Waals surface area contributed by atoms with Gasteiger partial charge in [-0.25, -0.2) is 0 Å². The third-order valence-electron chi connectivity index (χ3n) is 4.12. The van der Waals surface area contributed by atoms with E-state index in [1.165, 1.54) is 25.7 Å². The lowest BCUT2D eigenvalue weighted by molar-refractivity contribution is 0.380. The van der Waals surface area contributed by atoms with Crippen LogP contribution >= 0.6 is 0 Å². The Kier molecular flexibility index (Phi) is 4.81. The number of nitrogens with zero attached hydrogens (tertiary/aromatic N) is 1. The number of rotatable bonds is 5. The number of benzene rings is 1. The van der Waals surface area contributed by atoms with Crippen LogP contribution in [-0.4, -0.2) is 13.2 Å². The van der Waals surface area contributed by atoms with Crippen molar-refractivity contribution in [2.24, 2.45) is 5.92 Å². The predicted octanol–water partition coefficient (Wildman–Crippen LogP) is 3.24. The molecule has 19 heavy (non-hydrogen) atoms. The standard InChI is InChI=1S/C16H22N2O/c1-12(14-5-3-4-6-14)18-11-13-7-8-16(19-2)15(9-13)10-17/h7-9,12,14,18H,3-6,11H2,1-2H3/t12-/m0/s1. The molecule has 1 aliphatic carbocycles. The van der Waals surface area contributed by atoms with Gasteiger partial charge in [0.15, 0.2) is 0 Å². The van der Waals surface area contributed by atoms with Crippen LogP contribution in [0, 0.1) is 17.2 Å². The molecule has 0 aliphatic heterocycles. The quantitative estimate of drug-likeness (QED) is 0.882. The average Bonchev–Trinajstić information content (AvgIpc) is 2.98. The Balaban J connectivity index is 1.94. The second-order valence-corrected chi connectivity index (χ2v) is 5.36. The molecule has 1 saturated carbocycles. The topological polar surface area (TPSA) is 45.0 Å². The van der Waals surface area contributed by atoms with E-state index < -0.39 is 0 Å². The van der Waals surface area contributed by atoms with Gasteiger partial charge in [-0.3, -0.25) is 0 Å². The van der Waals surface area contributed by atoms with E-state index in [0.717, 1.165) is 18.0 Å². The lowest BCUT2D eigenvalue weighted by Crippen LogP contribution is -2.31. The van der Waals surface area contributed by atoms with Crippen molar-refractivity contribution in [1.29, 1.82) is 5.26 Å². The molecule has 0 saturated heterocycles. The van der Waals surface area contributed by atoms with Gasteiger partial charge in [0.05, 0.1) is 12.7 Å². The number of hydrogen-bond donors (Lipinski definition) is 1. The fourth-order valence-corrected chi connectivity index (χ4v) is 2.86. The third kappa shape index (κ3) is 3.48. The fourth-order valence-electron chi connectivity index (χ4n) is 2.86. The zero-order valence-corrected chi connectivity index (χ0v) is 11.8. The monoisotopic (exact) mass is 258 g/mol. The highest BCUT2D eigenvalue weighted by molar-refractivity contribution is 5.45. The number of nitrogens with one attached hydrogen (secondary N) is 1. The van der Waals surface area contributed by atoms with Crippen LogP contribution in [0.2, 0.25) is 0 Å². The SMILES string of the molecule is COc1ccc(CN[C@@H](C)C2CCCC2)cc1C#N. The fraction of sp³-hybridized carbons (Fsp3) is 0.562. The summed E-state index contributed by atoms with van der Waals surface area (Å²) in [4.78, 5) is 0. The van der Waals surface area contributed by atoms with Crippen molar-refractivity contribution in [1.82, 2.24) is 5.32 Å². The van der Waals surface area contributed by atoms with Crippen molar-refractivity contribution in [3.8, 4) is 11.8 Å². The Labute approximate surface area is 115 Å². The van der Waals surface area contributed by atoms with E-state index in [9.17, 15) is 0 Å². The van der Waals surface area contributed by atoms with Gasteiger partial charge in [-0.2, -0.15) is 5.26 Å². The minimum atomic E-state index is 0.551. The maximum absolute atomic E-state index is 9.07. The second kappa shape index (κ2) is 6.58. The molecule has 102 valence electrons. The summed E-state index contributed by atoms with van der Waals surface area (Å²) in [5, 5.41) is 12.7. The average molecular weight is 258 g/mol. The largest absolute Gasteiger partial charge is 0.495 e. The molecular weight excluding hydrogens is 236 g/mol. The molecule has 2 rings (SSSR count). The van der Waals surface area contributed by atoms with Gasteiger partial charge < -0.3 is 10.1 Å². The van der Waals surface area contributed by atoms with E-state index in [0.29, 0.717) is 17.4 Å². The molecule has 0 heterocycles. The van der Waals surface area contributed by atoms with E-state index >= 15 is 0 Å². The van der Waals surface area contributed by atoms with Gasteiger partial charge in [0.25, 0.3) is 0 Å². The highest BCUT2D eigenvalue weighted by Crippen LogP contribution is 2.27. The van der Waals surface area contributed by atoms with Crippen LogP contribution in [-0.2, 0) is 6.54 Å². The third-order valence-corrected chi connectivity index (χ3v) is 4.12. The Bertz CT molecular complexity index is 458. The number of ether oxygens (including phenoxy) is 1. The lowest BCUT2D eigenvalue weighted by Gasteiger charge is -2.20. The van der Waals surface area contributed by atoms with E-state index in [2.05, 4.69) is 18.3 Å². The molecule has 1 N–H and O–H groups in total. The van der Waals surface area contributed by atoms with Crippen molar-refractivity contribution < 1.29 is 4.74 Å². The van der Waals surface area contributed by atoms with Crippen LogP contribution in [0.1, 0.15) is 43.7 Å². The molecule has 1 aromatic rings. The molecular formula is C16H22N2O. The molecule has 3 nitrogen and oxygen atoms in total. The summed E-state index contributed by atoms with van der Waals surface area (Å²) in [5.74, 6) is 1.46. The van der Waals surface area contributed by atoms with Gasteiger partial charge in [0.1, 0.15) is 11.8 Å². The Morgan fingerprint density at radius 1 is 1.42 bits per heavy atom. The van der Waals surface area contributed by atoms with Crippen molar-refractivity contribution in [2.45, 2.75) is 45.2 Å². The first-order valence-corrected chi connectivity index (χ1v) is 7.05. The van der Waals surface area contributed by atoms with Crippen molar-refractivity contribution >= 4 is 0 Å². The zero-order chi connectivity index (χ0) is 13.7. The van der Waals surface area contributed by atoms with Crippen LogP contribution in [0.5, 0.6) is 5.75 Å². The van der Waals surface area contributed by atoms with Crippen LogP contribution in [0.25, 0.3) is 0 Å². The number of hydrogen-bond acceptors (Lipinski definition) is 3. The van der Waals surface area contributed by atoms with E-state index in [1.807, 2.05) is 18.2 Å². The normalized spacial score (nSPS) is 17.1. The molecule has 1 aliphatic rings. The second-order valence-electron chi connectivity index (χ2n) is 5.36. The van der Waals surface area contributed by atoms with Gasteiger partial charge in [0, 0.05) is 12.6 Å². The summed E-state index contributed by atoms with van der Waals surface area (Å²) in [7, 11) is 1.59. The zero-order valence-electron chi connectivity index (χ0n) is 11.8. The van der Waals surface area contributed by atoms with Gasteiger partial charge in [-0.15, -0.1) is 0 Å². The summed E-state index contributed by atoms with van der Waals surface area (Å²) in [6, 6.07) is 8.53. The first kappa shape index (κ1) is 13.9. The van der Waals surface area contributed by atoms with Crippen LogP contribution in [0.3, 0.4) is 0 Å². The van der Waals surface area contributed by atoms with Gasteiger partial charge in [-0.05, 0) is 43.4 Å². The Morgan fingerprint density at radius 3 is 2.79 bits per heavy atom. The highest BCUT2D eigenvalue weighted by atomic mass is 16.5.